The van der Waals surface area contributed by atoms with Gasteiger partial charge in [-0.05, 0) is 67.9 Å². The second kappa shape index (κ2) is 13.9. The summed E-state index contributed by atoms with van der Waals surface area (Å²) < 4.78 is 35.3. The van der Waals surface area contributed by atoms with Crippen molar-refractivity contribution in [1.82, 2.24) is 9.80 Å². The van der Waals surface area contributed by atoms with Gasteiger partial charge in [-0.1, -0.05) is 79.2 Å². The van der Waals surface area contributed by atoms with Crippen LogP contribution in [0.25, 0.3) is 11.1 Å². The number of ether oxygens (including phenoxy) is 1. The van der Waals surface area contributed by atoms with Crippen LogP contribution in [0.4, 0.5) is 5.69 Å². The molecule has 1 amide bonds. The molecule has 0 bridgehead atoms. The number of aliphatic hydroxyl groups excluding tert-OH is 1. The molecule has 1 aliphatic rings. The highest BCUT2D eigenvalue weighted by atomic mass is 32.2. The van der Waals surface area contributed by atoms with E-state index in [2.05, 4.69) is 46.0 Å². The third kappa shape index (κ3) is 7.73. The van der Waals surface area contributed by atoms with Crippen molar-refractivity contribution < 1.29 is 23.1 Å². The third-order valence-electron chi connectivity index (χ3n) is 8.25. The van der Waals surface area contributed by atoms with E-state index in [1.165, 1.54) is 22.8 Å². The summed E-state index contributed by atoms with van der Waals surface area (Å²) in [5, 5.41) is 10.00. The number of hydrogen-bond acceptors (Lipinski definition) is 6. The van der Waals surface area contributed by atoms with Crippen LogP contribution >= 0.6 is 0 Å². The summed E-state index contributed by atoms with van der Waals surface area (Å²) in [6.45, 7) is 7.23. The monoisotopic (exact) mass is 627 g/mol. The molecule has 4 aromatic carbocycles. The van der Waals surface area contributed by atoms with Crippen molar-refractivity contribution in [2.45, 2.75) is 44.4 Å². The molecule has 2 N–H and O–H groups in total. The molecule has 0 aromatic heterocycles. The van der Waals surface area contributed by atoms with Gasteiger partial charge in [-0.25, -0.2) is 8.42 Å². The quantitative estimate of drug-likeness (QED) is 0.230. The second-order valence-corrected chi connectivity index (χ2v) is 13.7. The Morgan fingerprint density at radius 3 is 2.31 bits per heavy atom. The Bertz CT molecular complexity index is 1710. The van der Waals surface area contributed by atoms with Gasteiger partial charge in [0.25, 0.3) is 15.9 Å². The second-order valence-electron chi connectivity index (χ2n) is 12.0. The van der Waals surface area contributed by atoms with Gasteiger partial charge in [-0.2, -0.15) is 0 Å². The van der Waals surface area contributed by atoms with Gasteiger partial charge in [0, 0.05) is 31.2 Å². The van der Waals surface area contributed by atoms with E-state index in [1.54, 1.807) is 48.2 Å². The number of carbonyl (C=O) groups excluding carboxylic acids is 1. The molecule has 5 rings (SSSR count). The lowest BCUT2D eigenvalue weighted by molar-refractivity contribution is 0.0341. The number of likely N-dealkylation sites (N-methyl/N-ethyl adjacent to an activating group) is 1. The maximum absolute atomic E-state index is 13.8. The van der Waals surface area contributed by atoms with Crippen LogP contribution in [0, 0.1) is 12.8 Å². The number of rotatable bonds is 10. The van der Waals surface area contributed by atoms with E-state index in [4.69, 9.17) is 4.74 Å². The van der Waals surface area contributed by atoms with Gasteiger partial charge >= 0.3 is 0 Å². The first-order chi connectivity index (χ1) is 21.5. The molecule has 0 spiro atoms. The lowest BCUT2D eigenvalue weighted by atomic mass is 9.99. The first-order valence-corrected chi connectivity index (χ1v) is 16.7. The normalized spacial score (nSPS) is 17.6. The van der Waals surface area contributed by atoms with Gasteiger partial charge in [0.1, 0.15) is 11.9 Å². The number of nitrogens with one attached hydrogen (secondary N) is 1. The SMILES string of the molecule is Cc1ccc(S(=O)(=O)Nc2ccc3c(c2)C(=O)N([C@H](C)CO)C[C@H](C)[C@H](CN(C)Cc2ccc(-c4ccccc4)cc2)O3)cc1. The number of aliphatic hydroxyl groups is 1. The number of fused-ring (bicyclic) bond motifs is 1. The van der Waals surface area contributed by atoms with Crippen molar-refractivity contribution in [3.63, 3.8) is 0 Å². The Balaban J connectivity index is 1.36. The minimum atomic E-state index is -3.87. The molecule has 0 radical (unpaired) electrons. The van der Waals surface area contributed by atoms with Crippen LogP contribution in [-0.4, -0.2) is 68.1 Å². The highest BCUT2D eigenvalue weighted by Crippen LogP contribution is 2.32. The molecule has 236 valence electrons. The van der Waals surface area contributed by atoms with Crippen LogP contribution in [0.15, 0.2) is 102 Å². The highest BCUT2D eigenvalue weighted by Gasteiger charge is 2.33. The Morgan fingerprint density at radius 2 is 1.64 bits per heavy atom. The van der Waals surface area contributed by atoms with E-state index >= 15 is 0 Å². The van der Waals surface area contributed by atoms with Crippen LogP contribution in [-0.2, 0) is 16.6 Å². The summed E-state index contributed by atoms with van der Waals surface area (Å²) in [6.07, 6.45) is -0.270. The number of benzene rings is 4. The molecule has 0 unspecified atom stereocenters. The summed E-state index contributed by atoms with van der Waals surface area (Å²) in [5.74, 6) is 0.0180. The molecule has 0 aliphatic carbocycles. The van der Waals surface area contributed by atoms with E-state index < -0.39 is 16.1 Å². The minimum absolute atomic E-state index is 0.0428. The van der Waals surface area contributed by atoms with Gasteiger partial charge in [0.15, 0.2) is 0 Å². The fourth-order valence-electron chi connectivity index (χ4n) is 5.55. The van der Waals surface area contributed by atoms with Crippen LogP contribution in [0.2, 0.25) is 0 Å². The largest absolute Gasteiger partial charge is 0.488 e. The molecule has 1 aliphatic heterocycles. The van der Waals surface area contributed by atoms with Crippen LogP contribution in [0.5, 0.6) is 5.75 Å². The number of carbonyl (C=O) groups is 1. The Hall–Kier alpha value is -4.18. The van der Waals surface area contributed by atoms with E-state index in [0.717, 1.165) is 5.56 Å². The summed E-state index contributed by atoms with van der Waals surface area (Å²) in [7, 11) is -1.83. The molecule has 45 heavy (non-hydrogen) atoms. The average molecular weight is 628 g/mol. The average Bonchev–Trinajstić information content (AvgIpc) is 3.03. The molecule has 0 fully saturated rings. The van der Waals surface area contributed by atoms with Crippen molar-refractivity contribution >= 4 is 21.6 Å². The van der Waals surface area contributed by atoms with Crippen molar-refractivity contribution in [3.8, 4) is 16.9 Å². The topological polar surface area (TPSA) is 99.2 Å². The standard InChI is InChI=1S/C36H41N3O5S/c1-25-10-17-32(18-11-25)45(42,43)37-31-16-19-34-33(20-31)36(41)39(27(3)24-40)21-26(2)35(44-34)23-38(4)22-28-12-14-30(15-13-28)29-8-6-5-7-9-29/h5-20,26-27,35,37,40H,21-24H2,1-4H3/t26-,27+,35-/m0/s1. The van der Waals surface area contributed by atoms with E-state index in [0.29, 0.717) is 25.4 Å². The molecular weight excluding hydrogens is 586 g/mol. The van der Waals surface area contributed by atoms with Crippen molar-refractivity contribution in [3.05, 3.63) is 114 Å². The summed E-state index contributed by atoms with van der Waals surface area (Å²) in [5.41, 5.74) is 4.96. The summed E-state index contributed by atoms with van der Waals surface area (Å²) >= 11 is 0. The predicted molar refractivity (Wildman–Crippen MR) is 178 cm³/mol. The predicted octanol–water partition coefficient (Wildman–Crippen LogP) is 5.81. The van der Waals surface area contributed by atoms with Gasteiger partial charge in [0.05, 0.1) is 23.1 Å². The molecule has 8 nitrogen and oxygen atoms in total. The first-order valence-electron chi connectivity index (χ1n) is 15.2. The number of anilines is 1. The molecule has 4 aromatic rings. The summed E-state index contributed by atoms with van der Waals surface area (Å²) in [4.78, 5) is 17.8. The van der Waals surface area contributed by atoms with Gasteiger partial charge < -0.3 is 14.7 Å². The van der Waals surface area contributed by atoms with Crippen LogP contribution < -0.4 is 9.46 Å². The lowest BCUT2D eigenvalue weighted by Crippen LogP contribution is -2.49. The Morgan fingerprint density at radius 1 is 0.978 bits per heavy atom. The van der Waals surface area contributed by atoms with Crippen molar-refractivity contribution in [1.29, 1.82) is 0 Å². The maximum Gasteiger partial charge on any atom is 0.261 e. The highest BCUT2D eigenvalue weighted by molar-refractivity contribution is 7.92. The van der Waals surface area contributed by atoms with Gasteiger partial charge in [-0.15, -0.1) is 0 Å². The molecule has 0 saturated carbocycles. The fraction of sp³-hybridized carbons (Fsp3) is 0.306. The number of hydrogen-bond donors (Lipinski definition) is 2. The Kier molecular flexibility index (Phi) is 9.92. The molecule has 0 saturated heterocycles. The molecule has 9 heteroatoms. The van der Waals surface area contributed by atoms with E-state index in [9.17, 15) is 18.3 Å². The third-order valence-corrected chi connectivity index (χ3v) is 9.65. The van der Waals surface area contributed by atoms with E-state index in [-0.39, 0.29) is 40.7 Å². The van der Waals surface area contributed by atoms with Crippen molar-refractivity contribution in [2.75, 3.05) is 31.5 Å². The van der Waals surface area contributed by atoms with Crippen molar-refractivity contribution in [2.24, 2.45) is 5.92 Å². The van der Waals surface area contributed by atoms with E-state index in [1.807, 2.05) is 39.1 Å². The number of nitrogens with zero attached hydrogens (tertiary/aromatic N) is 2. The smallest absolute Gasteiger partial charge is 0.261 e. The molecule has 1 heterocycles. The number of sulfonamides is 1. The molecular formula is C36H41N3O5S. The zero-order valence-electron chi connectivity index (χ0n) is 26.2. The Labute approximate surface area is 266 Å². The number of amides is 1. The lowest BCUT2D eigenvalue weighted by Gasteiger charge is -2.38. The fourth-order valence-corrected chi connectivity index (χ4v) is 6.60. The molecule has 3 atom stereocenters. The van der Waals surface area contributed by atoms with Gasteiger partial charge in [-0.3, -0.25) is 14.4 Å². The zero-order chi connectivity index (χ0) is 32.1. The van der Waals surface area contributed by atoms with Crippen LogP contribution in [0.3, 0.4) is 0 Å². The van der Waals surface area contributed by atoms with Gasteiger partial charge in [0.2, 0.25) is 0 Å². The van der Waals surface area contributed by atoms with Crippen LogP contribution in [0.1, 0.15) is 35.3 Å². The minimum Gasteiger partial charge on any atom is -0.488 e. The first kappa shape index (κ1) is 32.2. The maximum atomic E-state index is 13.8. The number of aryl methyl sites for hydroxylation is 1. The zero-order valence-corrected chi connectivity index (χ0v) is 27.0. The summed E-state index contributed by atoms with van der Waals surface area (Å²) in [6, 6.07) is 29.7.